The molecule has 0 unspecified atom stereocenters. The van der Waals surface area contributed by atoms with Gasteiger partial charge in [-0.2, -0.15) is 0 Å². The number of carbonyl (C=O) groups excluding carboxylic acids is 1. The smallest absolute Gasteiger partial charge is 0.227 e. The topological polar surface area (TPSA) is 33.2 Å². The van der Waals surface area contributed by atoms with E-state index in [0.29, 0.717) is 12.2 Å². The lowest BCUT2D eigenvalue weighted by atomic mass is 10.4. The second-order valence-electron chi connectivity index (χ2n) is 2.64. The van der Waals surface area contributed by atoms with Crippen molar-refractivity contribution in [2.75, 3.05) is 11.9 Å². The van der Waals surface area contributed by atoms with Crippen LogP contribution in [0, 0.1) is 0 Å². The van der Waals surface area contributed by atoms with Crippen molar-refractivity contribution < 1.29 is 4.79 Å². The molecule has 3 nitrogen and oxygen atoms in total. The van der Waals surface area contributed by atoms with Gasteiger partial charge < -0.3 is 0 Å². The summed E-state index contributed by atoms with van der Waals surface area (Å²) < 4.78 is 0.924. The van der Waals surface area contributed by atoms with Gasteiger partial charge in [0, 0.05) is 24.1 Å². The SMILES string of the molecule is CCC(=O)N(C)c1cc(Br)ccn1. The molecule has 0 aliphatic heterocycles. The van der Waals surface area contributed by atoms with Crippen LogP contribution in [0.5, 0.6) is 0 Å². The van der Waals surface area contributed by atoms with Gasteiger partial charge in [-0.05, 0) is 12.1 Å². The summed E-state index contributed by atoms with van der Waals surface area (Å²) in [6.07, 6.45) is 2.16. The summed E-state index contributed by atoms with van der Waals surface area (Å²) in [6, 6.07) is 3.64. The monoisotopic (exact) mass is 242 g/mol. The van der Waals surface area contributed by atoms with Crippen molar-refractivity contribution in [2.45, 2.75) is 13.3 Å². The lowest BCUT2D eigenvalue weighted by Crippen LogP contribution is -2.25. The van der Waals surface area contributed by atoms with E-state index in [9.17, 15) is 4.79 Å². The van der Waals surface area contributed by atoms with Crippen molar-refractivity contribution in [1.29, 1.82) is 0 Å². The van der Waals surface area contributed by atoms with Gasteiger partial charge in [0.1, 0.15) is 5.82 Å². The van der Waals surface area contributed by atoms with Crippen LogP contribution < -0.4 is 4.90 Å². The van der Waals surface area contributed by atoms with E-state index in [0.717, 1.165) is 4.47 Å². The van der Waals surface area contributed by atoms with Crippen molar-refractivity contribution in [3.8, 4) is 0 Å². The highest BCUT2D eigenvalue weighted by molar-refractivity contribution is 9.10. The van der Waals surface area contributed by atoms with E-state index in [4.69, 9.17) is 0 Å². The average Bonchev–Trinajstić information content (AvgIpc) is 2.15. The quantitative estimate of drug-likeness (QED) is 0.797. The van der Waals surface area contributed by atoms with Crippen LogP contribution in [0.15, 0.2) is 22.8 Å². The lowest BCUT2D eigenvalue weighted by Gasteiger charge is -2.14. The van der Waals surface area contributed by atoms with Gasteiger partial charge >= 0.3 is 0 Å². The van der Waals surface area contributed by atoms with E-state index < -0.39 is 0 Å². The Morgan fingerprint density at radius 1 is 1.69 bits per heavy atom. The highest BCUT2D eigenvalue weighted by Gasteiger charge is 2.08. The number of aromatic nitrogens is 1. The molecule has 0 N–H and O–H groups in total. The fourth-order valence-corrected chi connectivity index (χ4v) is 1.26. The Labute approximate surface area is 85.9 Å². The summed E-state index contributed by atoms with van der Waals surface area (Å²) in [5.74, 6) is 0.729. The largest absolute Gasteiger partial charge is 0.300 e. The number of anilines is 1. The molecule has 0 atom stereocenters. The van der Waals surface area contributed by atoms with E-state index in [-0.39, 0.29) is 5.91 Å². The molecule has 13 heavy (non-hydrogen) atoms. The molecule has 70 valence electrons. The van der Waals surface area contributed by atoms with Crippen molar-refractivity contribution in [2.24, 2.45) is 0 Å². The third-order valence-corrected chi connectivity index (χ3v) is 2.22. The van der Waals surface area contributed by atoms with Crippen LogP contribution in [0.4, 0.5) is 5.82 Å². The van der Waals surface area contributed by atoms with E-state index in [1.54, 1.807) is 18.1 Å². The molecule has 0 aliphatic rings. The molecule has 0 saturated carbocycles. The van der Waals surface area contributed by atoms with Gasteiger partial charge in [-0.3, -0.25) is 9.69 Å². The first-order chi connectivity index (χ1) is 6.15. The van der Waals surface area contributed by atoms with Crippen molar-refractivity contribution in [3.05, 3.63) is 22.8 Å². The number of pyridine rings is 1. The maximum Gasteiger partial charge on any atom is 0.227 e. The minimum atomic E-state index is 0.0607. The van der Waals surface area contributed by atoms with Crippen LogP contribution >= 0.6 is 15.9 Å². The molecule has 0 aromatic carbocycles. The van der Waals surface area contributed by atoms with Crippen LogP contribution in [0.25, 0.3) is 0 Å². The number of rotatable bonds is 2. The number of carbonyl (C=O) groups is 1. The third-order valence-electron chi connectivity index (χ3n) is 1.73. The standard InChI is InChI=1S/C9H11BrN2O/c1-3-9(13)12(2)8-6-7(10)4-5-11-8/h4-6H,3H2,1-2H3. The van der Waals surface area contributed by atoms with Gasteiger partial charge in [-0.1, -0.05) is 22.9 Å². The average molecular weight is 243 g/mol. The van der Waals surface area contributed by atoms with Crippen LogP contribution in [-0.4, -0.2) is 17.9 Å². The number of nitrogens with zero attached hydrogens (tertiary/aromatic N) is 2. The minimum Gasteiger partial charge on any atom is -0.300 e. The molecule has 1 heterocycles. The van der Waals surface area contributed by atoms with Crippen LogP contribution in [0.3, 0.4) is 0 Å². The summed E-state index contributed by atoms with van der Waals surface area (Å²) in [6.45, 7) is 1.83. The van der Waals surface area contributed by atoms with Gasteiger partial charge in [0.05, 0.1) is 0 Å². The summed E-state index contributed by atoms with van der Waals surface area (Å²) >= 11 is 3.32. The highest BCUT2D eigenvalue weighted by Crippen LogP contribution is 2.16. The summed E-state index contributed by atoms with van der Waals surface area (Å²) in [5, 5.41) is 0. The fourth-order valence-electron chi connectivity index (χ4n) is 0.942. The fraction of sp³-hybridized carbons (Fsp3) is 0.333. The Kier molecular flexibility index (Phi) is 3.42. The molecule has 1 amide bonds. The summed E-state index contributed by atoms with van der Waals surface area (Å²) in [4.78, 5) is 16.9. The maximum atomic E-state index is 11.3. The second-order valence-corrected chi connectivity index (χ2v) is 3.55. The normalized spacial score (nSPS) is 9.77. The van der Waals surface area contributed by atoms with Crippen LogP contribution in [0.2, 0.25) is 0 Å². The predicted molar refractivity (Wildman–Crippen MR) is 55.6 cm³/mol. The zero-order valence-electron chi connectivity index (χ0n) is 7.62. The number of hydrogen-bond donors (Lipinski definition) is 0. The van der Waals surface area contributed by atoms with Crippen molar-refractivity contribution in [3.63, 3.8) is 0 Å². The first-order valence-corrected chi connectivity index (χ1v) is 4.82. The van der Waals surface area contributed by atoms with Gasteiger partial charge in [0.15, 0.2) is 0 Å². The lowest BCUT2D eigenvalue weighted by molar-refractivity contribution is -0.118. The molecule has 0 saturated heterocycles. The molecule has 1 aromatic heterocycles. The van der Waals surface area contributed by atoms with Crippen LogP contribution in [-0.2, 0) is 4.79 Å². The molecule has 1 rings (SSSR count). The molecule has 0 bridgehead atoms. The predicted octanol–water partition coefficient (Wildman–Crippen LogP) is 2.22. The Bertz CT molecular complexity index is 314. The van der Waals surface area contributed by atoms with Crippen molar-refractivity contribution >= 4 is 27.7 Å². The first-order valence-electron chi connectivity index (χ1n) is 4.03. The molecular weight excluding hydrogens is 232 g/mol. The van der Waals surface area contributed by atoms with Gasteiger partial charge in [-0.15, -0.1) is 0 Å². The molecule has 0 fully saturated rings. The number of hydrogen-bond acceptors (Lipinski definition) is 2. The van der Waals surface area contributed by atoms with Crippen LogP contribution in [0.1, 0.15) is 13.3 Å². The Morgan fingerprint density at radius 3 is 2.92 bits per heavy atom. The van der Waals surface area contributed by atoms with Gasteiger partial charge in [0.25, 0.3) is 0 Å². The minimum absolute atomic E-state index is 0.0607. The Morgan fingerprint density at radius 2 is 2.38 bits per heavy atom. The van der Waals surface area contributed by atoms with E-state index in [1.165, 1.54) is 0 Å². The molecule has 4 heteroatoms. The summed E-state index contributed by atoms with van der Waals surface area (Å²) in [7, 11) is 1.72. The molecular formula is C9H11BrN2O. The Balaban J connectivity index is 2.88. The third kappa shape index (κ3) is 2.52. The number of amides is 1. The Hall–Kier alpha value is -0.900. The zero-order valence-corrected chi connectivity index (χ0v) is 9.21. The molecule has 0 radical (unpaired) electrons. The van der Waals surface area contributed by atoms with E-state index >= 15 is 0 Å². The maximum absolute atomic E-state index is 11.3. The van der Waals surface area contributed by atoms with Crippen molar-refractivity contribution in [1.82, 2.24) is 4.98 Å². The van der Waals surface area contributed by atoms with E-state index in [1.807, 2.05) is 19.1 Å². The molecule has 0 aliphatic carbocycles. The second kappa shape index (κ2) is 4.37. The van der Waals surface area contributed by atoms with E-state index in [2.05, 4.69) is 20.9 Å². The molecule has 0 spiro atoms. The number of halogens is 1. The zero-order chi connectivity index (χ0) is 9.84. The summed E-state index contributed by atoms with van der Waals surface area (Å²) in [5.41, 5.74) is 0. The molecule has 1 aromatic rings. The highest BCUT2D eigenvalue weighted by atomic mass is 79.9. The van der Waals surface area contributed by atoms with Gasteiger partial charge in [0.2, 0.25) is 5.91 Å². The van der Waals surface area contributed by atoms with Gasteiger partial charge in [-0.25, -0.2) is 4.98 Å². The first kappa shape index (κ1) is 10.2.